The zero-order chi connectivity index (χ0) is 31.2. The Kier molecular flexibility index (Phi) is 8.44. The Morgan fingerprint density at radius 1 is 1.16 bits per heavy atom. The van der Waals surface area contributed by atoms with Crippen LogP contribution in [0.4, 0.5) is 10.1 Å². The van der Waals surface area contributed by atoms with Gasteiger partial charge >= 0.3 is 0 Å². The standard InChI is InChI=1S/C35H47FN6O2/c1-22-29-17-24(35(29,2)3)18-31(22)39-34(41-15-12-26(13-16-41)40(4)5)38-25-8-10-28-32(19-25)37-21-42(33(28)43)14-11-23-7-9-27(44-6)20-30(23)36/h7-10,19-22,24,26,29,31H,11-18H2,1-6H3,(H,38,39)/t22-,24-,29+,31?/m0/s1. The summed E-state index contributed by atoms with van der Waals surface area (Å²) in [4.78, 5) is 28.1. The molecule has 0 spiro atoms. The zero-order valence-corrected chi connectivity index (χ0v) is 27.0. The van der Waals surface area contributed by atoms with Crippen LogP contribution in [0.5, 0.6) is 5.75 Å². The minimum atomic E-state index is -0.339. The first kappa shape index (κ1) is 30.6. The Hall–Kier alpha value is -3.46. The SMILES string of the molecule is COc1ccc(CCn2cnc3cc(NC(=NC4C[C@@H]5C[C@H]([C@@H]4C)C5(C)C)N4CCC(N(C)C)CC4)ccc3c2=O)c(F)c1. The van der Waals surface area contributed by atoms with E-state index in [1.54, 1.807) is 23.0 Å². The van der Waals surface area contributed by atoms with Gasteiger partial charge in [-0.3, -0.25) is 9.36 Å². The highest BCUT2D eigenvalue weighted by Crippen LogP contribution is 2.61. The molecule has 3 saturated carbocycles. The first-order valence-electron chi connectivity index (χ1n) is 16.1. The summed E-state index contributed by atoms with van der Waals surface area (Å²) in [5, 5.41) is 4.20. The highest BCUT2D eigenvalue weighted by Gasteiger charge is 2.56. The molecule has 7 rings (SSSR count). The molecule has 3 aromatic rings. The minimum Gasteiger partial charge on any atom is -0.497 e. The topological polar surface area (TPSA) is 75.0 Å². The molecular weight excluding hydrogens is 555 g/mol. The first-order chi connectivity index (χ1) is 21.0. The van der Waals surface area contributed by atoms with E-state index in [-0.39, 0.29) is 11.4 Å². The zero-order valence-electron chi connectivity index (χ0n) is 27.0. The van der Waals surface area contributed by atoms with E-state index in [4.69, 9.17) is 9.73 Å². The van der Waals surface area contributed by atoms with Crippen molar-refractivity contribution in [2.45, 2.75) is 71.5 Å². The monoisotopic (exact) mass is 602 g/mol. The summed E-state index contributed by atoms with van der Waals surface area (Å²) in [7, 11) is 5.84. The summed E-state index contributed by atoms with van der Waals surface area (Å²) in [5.41, 5.74) is 2.33. The quantitative estimate of drug-likeness (QED) is 0.278. The van der Waals surface area contributed by atoms with Crippen LogP contribution < -0.4 is 15.6 Å². The maximum absolute atomic E-state index is 14.5. The van der Waals surface area contributed by atoms with Gasteiger partial charge in [0.05, 0.1) is 30.4 Å². The molecule has 1 aromatic heterocycles. The molecule has 0 radical (unpaired) electrons. The van der Waals surface area contributed by atoms with Crippen molar-refractivity contribution in [2.75, 3.05) is 39.6 Å². The number of halogens is 1. The van der Waals surface area contributed by atoms with Gasteiger partial charge in [-0.05, 0) is 99.2 Å². The number of likely N-dealkylation sites (tertiary alicyclic amines) is 1. The van der Waals surface area contributed by atoms with Crippen molar-refractivity contribution in [2.24, 2.45) is 28.2 Å². The van der Waals surface area contributed by atoms with Gasteiger partial charge in [0.2, 0.25) is 0 Å². The molecule has 4 aliphatic rings. The molecule has 8 nitrogen and oxygen atoms in total. The Morgan fingerprint density at radius 3 is 2.59 bits per heavy atom. The van der Waals surface area contributed by atoms with E-state index in [0.717, 1.165) is 55.8 Å². The maximum atomic E-state index is 14.5. The Balaban J connectivity index is 1.22. The van der Waals surface area contributed by atoms with Crippen molar-refractivity contribution in [1.29, 1.82) is 0 Å². The lowest BCUT2D eigenvalue weighted by atomic mass is 9.45. The number of hydrogen-bond acceptors (Lipinski definition) is 5. The molecule has 4 fully saturated rings. The van der Waals surface area contributed by atoms with Gasteiger partial charge in [0.25, 0.3) is 5.56 Å². The molecular formula is C35H47FN6O2. The van der Waals surface area contributed by atoms with Crippen LogP contribution in [0.15, 0.2) is 52.5 Å². The fourth-order valence-corrected chi connectivity index (χ4v) is 7.86. The van der Waals surface area contributed by atoms with E-state index in [2.05, 4.69) is 55.0 Å². The molecule has 1 unspecified atom stereocenters. The fraction of sp³-hybridized carbons (Fsp3) is 0.571. The molecule has 2 aromatic carbocycles. The van der Waals surface area contributed by atoms with Crippen LogP contribution in [0.3, 0.4) is 0 Å². The molecule has 3 aliphatic carbocycles. The summed E-state index contributed by atoms with van der Waals surface area (Å²) in [6.07, 6.45) is 6.63. The van der Waals surface area contributed by atoms with Crippen LogP contribution in [0.1, 0.15) is 52.0 Å². The third-order valence-corrected chi connectivity index (χ3v) is 11.1. The van der Waals surface area contributed by atoms with Crippen LogP contribution in [0.25, 0.3) is 10.9 Å². The second-order valence-electron chi connectivity index (χ2n) is 14.0. The number of hydrogen-bond donors (Lipinski definition) is 1. The largest absolute Gasteiger partial charge is 0.497 e. The van der Waals surface area contributed by atoms with E-state index in [1.165, 1.54) is 19.6 Å². The van der Waals surface area contributed by atoms with Crippen molar-refractivity contribution in [1.82, 2.24) is 19.4 Å². The third-order valence-electron chi connectivity index (χ3n) is 11.1. The van der Waals surface area contributed by atoms with Crippen molar-refractivity contribution < 1.29 is 9.13 Å². The number of aromatic nitrogens is 2. The molecule has 44 heavy (non-hydrogen) atoms. The van der Waals surface area contributed by atoms with E-state index in [9.17, 15) is 9.18 Å². The highest BCUT2D eigenvalue weighted by molar-refractivity contribution is 5.96. The predicted molar refractivity (Wildman–Crippen MR) is 175 cm³/mol. The van der Waals surface area contributed by atoms with Crippen molar-refractivity contribution >= 4 is 22.5 Å². The van der Waals surface area contributed by atoms with Crippen molar-refractivity contribution in [3.05, 3.63) is 64.5 Å². The number of fused-ring (bicyclic) bond motifs is 3. The average Bonchev–Trinajstić information content (AvgIpc) is 3.01. The average molecular weight is 603 g/mol. The van der Waals surface area contributed by atoms with Crippen LogP contribution in [0.2, 0.25) is 0 Å². The molecule has 1 N–H and O–H groups in total. The normalized spacial score (nSPS) is 25.3. The van der Waals surface area contributed by atoms with Gasteiger partial charge in [-0.15, -0.1) is 0 Å². The Bertz CT molecular complexity index is 1590. The van der Waals surface area contributed by atoms with Crippen LogP contribution in [-0.2, 0) is 13.0 Å². The van der Waals surface area contributed by atoms with Gasteiger partial charge in [-0.1, -0.05) is 26.8 Å². The van der Waals surface area contributed by atoms with Crippen molar-refractivity contribution in [3.8, 4) is 5.75 Å². The molecule has 4 atom stereocenters. The first-order valence-corrected chi connectivity index (χ1v) is 16.1. The maximum Gasteiger partial charge on any atom is 0.261 e. The summed E-state index contributed by atoms with van der Waals surface area (Å²) < 4.78 is 21.1. The number of nitrogens with one attached hydrogen (secondary N) is 1. The number of rotatable bonds is 7. The highest BCUT2D eigenvalue weighted by atomic mass is 19.1. The van der Waals surface area contributed by atoms with Gasteiger partial charge in [-0.2, -0.15) is 0 Å². The van der Waals surface area contributed by atoms with Crippen molar-refractivity contribution in [3.63, 3.8) is 0 Å². The number of benzene rings is 2. The van der Waals surface area contributed by atoms with Gasteiger partial charge in [0.15, 0.2) is 5.96 Å². The minimum absolute atomic E-state index is 0.131. The number of aliphatic imine (C=N–C) groups is 1. The van der Waals surface area contributed by atoms with E-state index in [0.29, 0.717) is 58.6 Å². The Labute approximate surface area is 260 Å². The molecule has 2 bridgehead atoms. The lowest BCUT2D eigenvalue weighted by Gasteiger charge is -2.61. The van der Waals surface area contributed by atoms with E-state index in [1.807, 2.05) is 18.2 Å². The van der Waals surface area contributed by atoms with Crippen LogP contribution in [-0.4, -0.2) is 71.7 Å². The smallest absolute Gasteiger partial charge is 0.261 e. The molecule has 0 amide bonds. The summed E-state index contributed by atoms with van der Waals surface area (Å²) >= 11 is 0. The molecule has 236 valence electrons. The summed E-state index contributed by atoms with van der Waals surface area (Å²) in [5.74, 6) is 3.09. The lowest BCUT2D eigenvalue weighted by Crippen LogP contribution is -2.57. The van der Waals surface area contributed by atoms with Gasteiger partial charge in [0, 0.05) is 37.4 Å². The predicted octanol–water partition coefficient (Wildman–Crippen LogP) is 5.65. The number of anilines is 1. The second kappa shape index (κ2) is 12.1. The van der Waals surface area contributed by atoms with Gasteiger partial charge in [0.1, 0.15) is 11.6 Å². The third kappa shape index (κ3) is 5.83. The Morgan fingerprint density at radius 2 is 1.93 bits per heavy atom. The van der Waals surface area contributed by atoms with Gasteiger partial charge < -0.3 is 19.9 Å². The fourth-order valence-electron chi connectivity index (χ4n) is 7.86. The number of piperidine rings is 1. The number of nitrogens with zero attached hydrogens (tertiary/aromatic N) is 5. The van der Waals surface area contributed by atoms with Crippen LogP contribution in [0, 0.1) is 29.0 Å². The number of aryl methyl sites for hydroxylation is 2. The number of methoxy groups -OCH3 is 1. The molecule has 2 heterocycles. The lowest BCUT2D eigenvalue weighted by molar-refractivity contribution is -0.108. The molecule has 9 heteroatoms. The molecule has 1 saturated heterocycles. The summed E-state index contributed by atoms with van der Waals surface area (Å²) in [6.45, 7) is 9.50. The summed E-state index contributed by atoms with van der Waals surface area (Å²) in [6, 6.07) is 11.4. The van der Waals surface area contributed by atoms with Crippen LogP contribution >= 0.6 is 0 Å². The second-order valence-corrected chi connectivity index (χ2v) is 14.0. The number of guanidine groups is 1. The van der Waals surface area contributed by atoms with E-state index < -0.39 is 0 Å². The number of ether oxygens (including phenoxy) is 1. The van der Waals surface area contributed by atoms with Gasteiger partial charge in [-0.25, -0.2) is 14.4 Å². The van der Waals surface area contributed by atoms with E-state index >= 15 is 0 Å². The molecule has 1 aliphatic heterocycles.